The Labute approximate surface area is 91.2 Å². The Hall–Kier alpha value is -0.743. The molecule has 1 aliphatic carbocycles. The number of carbonyl (C=O) groups excluding carboxylic acids is 1. The zero-order valence-corrected chi connectivity index (χ0v) is 10.8. The van der Waals surface area contributed by atoms with E-state index < -0.39 is 0 Å². The molecule has 0 aromatic heterocycles. The number of hydrogen-bond acceptors (Lipinski definition) is 3. The molecular formula is C10H12O2SSi. The summed E-state index contributed by atoms with van der Waals surface area (Å²) in [6.07, 6.45) is 1.90. The Balaban J connectivity index is 2.43. The average Bonchev–Trinajstić information content (AvgIpc) is 2.90. The fourth-order valence-corrected chi connectivity index (χ4v) is 2.79. The minimum Gasteiger partial charge on any atom is -0.507 e. The summed E-state index contributed by atoms with van der Waals surface area (Å²) in [4.78, 5) is 12.1. The SMILES string of the molecule is O=C([SiH3])C1(c2ccc(O)c(S)c2)CC1. The summed E-state index contributed by atoms with van der Waals surface area (Å²) in [5.74, 6) is 0.175. The second kappa shape index (κ2) is 3.14. The number of aromatic hydroxyl groups is 1. The van der Waals surface area contributed by atoms with E-state index in [0.717, 1.165) is 18.4 Å². The van der Waals surface area contributed by atoms with Gasteiger partial charge in [-0.25, -0.2) is 0 Å². The molecular weight excluding hydrogens is 212 g/mol. The molecule has 1 fully saturated rings. The van der Waals surface area contributed by atoms with Crippen molar-refractivity contribution < 1.29 is 9.90 Å². The summed E-state index contributed by atoms with van der Waals surface area (Å²) < 4.78 is 0. The summed E-state index contributed by atoms with van der Waals surface area (Å²) in [5.41, 5.74) is 0.803. The van der Waals surface area contributed by atoms with Gasteiger partial charge in [0.25, 0.3) is 0 Å². The fraction of sp³-hybridized carbons (Fsp3) is 0.300. The van der Waals surface area contributed by atoms with Crippen molar-refractivity contribution in [3.8, 4) is 5.75 Å². The quantitative estimate of drug-likeness (QED) is 0.570. The predicted molar refractivity (Wildman–Crippen MR) is 61.2 cm³/mol. The van der Waals surface area contributed by atoms with Gasteiger partial charge in [-0.1, -0.05) is 6.07 Å². The standard InChI is InChI=1S/C10H12O2SSi/c11-7-2-1-6(5-8(7)13)10(3-4-10)9(12)14/h1-2,5,11,13H,3-4H2,14H3. The molecule has 0 aliphatic heterocycles. The van der Waals surface area contributed by atoms with Gasteiger partial charge in [-0.3, -0.25) is 0 Å². The topological polar surface area (TPSA) is 37.3 Å². The minimum absolute atomic E-state index is 0.175. The van der Waals surface area contributed by atoms with E-state index in [1.54, 1.807) is 12.1 Å². The molecule has 14 heavy (non-hydrogen) atoms. The zero-order valence-electron chi connectivity index (χ0n) is 7.95. The average molecular weight is 224 g/mol. The number of hydrogen-bond donors (Lipinski definition) is 2. The Morgan fingerprint density at radius 3 is 2.57 bits per heavy atom. The van der Waals surface area contributed by atoms with Gasteiger partial charge in [0.05, 0.1) is 10.2 Å². The number of phenols is 1. The maximum atomic E-state index is 11.5. The molecule has 0 atom stereocenters. The first-order valence-corrected chi connectivity index (χ1v) is 6.04. The molecule has 0 radical (unpaired) electrons. The maximum Gasteiger partial charge on any atom is 0.128 e. The molecule has 0 unspecified atom stereocenters. The molecule has 74 valence electrons. The number of benzene rings is 1. The smallest absolute Gasteiger partial charge is 0.128 e. The second-order valence-electron chi connectivity index (χ2n) is 3.84. The third kappa shape index (κ3) is 1.38. The van der Waals surface area contributed by atoms with Crippen LogP contribution >= 0.6 is 12.6 Å². The van der Waals surface area contributed by atoms with Crippen LogP contribution in [0.3, 0.4) is 0 Å². The molecule has 2 rings (SSSR count). The van der Waals surface area contributed by atoms with Gasteiger partial charge in [-0.15, -0.1) is 12.6 Å². The summed E-state index contributed by atoms with van der Waals surface area (Å²) in [6, 6.07) is 5.25. The predicted octanol–water partition coefficient (Wildman–Crippen LogP) is 0.604. The van der Waals surface area contributed by atoms with Gasteiger partial charge in [0.1, 0.15) is 11.2 Å². The lowest BCUT2D eigenvalue weighted by Gasteiger charge is -2.12. The molecule has 1 N–H and O–H groups in total. The van der Waals surface area contributed by atoms with Gasteiger partial charge in [-0.05, 0) is 30.5 Å². The van der Waals surface area contributed by atoms with E-state index in [4.69, 9.17) is 0 Å². The molecule has 0 spiro atoms. The molecule has 0 saturated heterocycles. The van der Waals surface area contributed by atoms with Crippen LogP contribution in [0, 0.1) is 0 Å². The summed E-state index contributed by atoms with van der Waals surface area (Å²) in [5, 5.41) is 9.66. The van der Waals surface area contributed by atoms with E-state index in [2.05, 4.69) is 12.6 Å². The molecule has 0 heterocycles. The van der Waals surface area contributed by atoms with E-state index in [1.165, 1.54) is 0 Å². The maximum absolute atomic E-state index is 11.5. The zero-order chi connectivity index (χ0) is 10.3. The lowest BCUT2D eigenvalue weighted by molar-refractivity contribution is -0.113. The van der Waals surface area contributed by atoms with E-state index in [0.29, 0.717) is 20.5 Å². The molecule has 0 bridgehead atoms. The van der Waals surface area contributed by atoms with Crippen molar-refractivity contribution >= 4 is 28.3 Å². The van der Waals surface area contributed by atoms with Gasteiger partial charge in [0.2, 0.25) is 0 Å². The second-order valence-corrected chi connectivity index (χ2v) is 5.23. The highest BCUT2D eigenvalue weighted by atomic mass is 32.1. The summed E-state index contributed by atoms with van der Waals surface area (Å²) >= 11 is 4.15. The van der Waals surface area contributed by atoms with Crippen molar-refractivity contribution in [3.63, 3.8) is 0 Å². The van der Waals surface area contributed by atoms with Crippen molar-refractivity contribution in [2.45, 2.75) is 23.2 Å². The third-order valence-electron chi connectivity index (χ3n) is 2.95. The van der Waals surface area contributed by atoms with Crippen molar-refractivity contribution in [2.75, 3.05) is 0 Å². The van der Waals surface area contributed by atoms with E-state index in [9.17, 15) is 9.90 Å². The summed E-state index contributed by atoms with van der Waals surface area (Å²) in [6.45, 7) is 0. The van der Waals surface area contributed by atoms with Gasteiger partial charge in [-0.2, -0.15) is 0 Å². The van der Waals surface area contributed by atoms with Gasteiger partial charge in [0.15, 0.2) is 0 Å². The van der Waals surface area contributed by atoms with E-state index in [1.807, 2.05) is 6.07 Å². The molecule has 1 aliphatic rings. The normalized spacial score (nSPS) is 18.1. The van der Waals surface area contributed by atoms with E-state index >= 15 is 0 Å². The van der Waals surface area contributed by atoms with Crippen LogP contribution in [0.25, 0.3) is 0 Å². The Morgan fingerprint density at radius 1 is 1.50 bits per heavy atom. The van der Waals surface area contributed by atoms with Crippen LogP contribution in [-0.4, -0.2) is 20.8 Å². The number of thiol groups is 1. The first kappa shape index (κ1) is 9.80. The summed E-state index contributed by atoms with van der Waals surface area (Å²) in [7, 11) is 0.594. The molecule has 2 nitrogen and oxygen atoms in total. The Bertz CT molecular complexity index is 399. The molecule has 1 saturated carbocycles. The van der Waals surface area contributed by atoms with Crippen LogP contribution in [0.5, 0.6) is 5.75 Å². The fourth-order valence-electron chi connectivity index (χ4n) is 1.79. The lowest BCUT2D eigenvalue weighted by atomic mass is 9.97. The first-order valence-electron chi connectivity index (χ1n) is 4.60. The van der Waals surface area contributed by atoms with Crippen LogP contribution < -0.4 is 0 Å². The Morgan fingerprint density at radius 2 is 2.14 bits per heavy atom. The molecule has 0 amide bonds. The molecule has 4 heteroatoms. The number of carbonyl (C=O) groups is 1. The van der Waals surface area contributed by atoms with E-state index in [-0.39, 0.29) is 11.2 Å². The minimum atomic E-state index is -0.211. The highest BCUT2D eigenvalue weighted by Gasteiger charge is 2.48. The Kier molecular flexibility index (Phi) is 2.19. The van der Waals surface area contributed by atoms with Crippen molar-refractivity contribution in [1.82, 2.24) is 0 Å². The lowest BCUT2D eigenvalue weighted by Crippen LogP contribution is -2.19. The number of phenolic OH excluding ortho intramolecular Hbond substituents is 1. The highest BCUT2D eigenvalue weighted by molar-refractivity contribution is 7.80. The monoisotopic (exact) mass is 224 g/mol. The highest BCUT2D eigenvalue weighted by Crippen LogP contribution is 2.49. The first-order chi connectivity index (χ1) is 6.56. The third-order valence-corrected chi connectivity index (χ3v) is 4.27. The molecule has 1 aromatic carbocycles. The number of rotatable bonds is 2. The largest absolute Gasteiger partial charge is 0.507 e. The van der Waals surface area contributed by atoms with Gasteiger partial charge in [0, 0.05) is 10.3 Å². The van der Waals surface area contributed by atoms with Crippen LogP contribution in [-0.2, 0) is 10.2 Å². The van der Waals surface area contributed by atoms with Gasteiger partial charge < -0.3 is 9.90 Å². The van der Waals surface area contributed by atoms with Crippen molar-refractivity contribution in [1.29, 1.82) is 0 Å². The van der Waals surface area contributed by atoms with Gasteiger partial charge >= 0.3 is 0 Å². The van der Waals surface area contributed by atoms with Crippen molar-refractivity contribution in [3.05, 3.63) is 23.8 Å². The van der Waals surface area contributed by atoms with Crippen LogP contribution in [0.15, 0.2) is 23.1 Å². The van der Waals surface area contributed by atoms with Crippen LogP contribution in [0.4, 0.5) is 0 Å². The molecule has 1 aromatic rings. The van der Waals surface area contributed by atoms with Crippen LogP contribution in [0.1, 0.15) is 18.4 Å². The van der Waals surface area contributed by atoms with Crippen LogP contribution in [0.2, 0.25) is 0 Å². The van der Waals surface area contributed by atoms with Crippen molar-refractivity contribution in [2.24, 2.45) is 0 Å².